The Kier molecular flexibility index (Phi) is 9.34. The third-order valence-electron chi connectivity index (χ3n) is 2.90. The van der Waals surface area contributed by atoms with Crippen molar-refractivity contribution in [2.75, 3.05) is 13.2 Å². The molecule has 0 amide bonds. The molecule has 0 spiro atoms. The Bertz CT molecular complexity index is 264. The largest absolute Gasteiger partial charge is 0.381 e. The molecule has 5 nitrogen and oxygen atoms in total. The van der Waals surface area contributed by atoms with Crippen LogP contribution in [0, 0.1) is 6.33 Å². The summed E-state index contributed by atoms with van der Waals surface area (Å²) in [6, 6.07) is 0. The van der Waals surface area contributed by atoms with Gasteiger partial charge >= 0.3 is 0 Å². The highest BCUT2D eigenvalue weighted by molar-refractivity contribution is 4.47. The van der Waals surface area contributed by atoms with Crippen molar-refractivity contribution < 1.29 is 4.74 Å². The number of hydrogen-bond donors (Lipinski definition) is 0. The third-order valence-corrected chi connectivity index (χ3v) is 2.90. The molecule has 1 aromatic heterocycles. The average molecular weight is 253 g/mol. The van der Waals surface area contributed by atoms with E-state index in [2.05, 4.69) is 28.8 Å². The minimum absolute atomic E-state index is 0.866. The summed E-state index contributed by atoms with van der Waals surface area (Å²) in [6.07, 6.45) is 12.5. The number of nitrogens with zero attached hydrogens (tertiary/aromatic N) is 4. The molecule has 18 heavy (non-hydrogen) atoms. The van der Waals surface area contributed by atoms with Gasteiger partial charge < -0.3 is 4.74 Å². The SMILES string of the molecule is CCCCCCOCCCCCCn1[c]nnn1. The molecule has 5 heteroatoms. The first kappa shape index (κ1) is 15.1. The van der Waals surface area contributed by atoms with E-state index >= 15 is 0 Å². The summed E-state index contributed by atoms with van der Waals surface area (Å²) in [5, 5.41) is 10.8. The van der Waals surface area contributed by atoms with Crippen LogP contribution in [0.4, 0.5) is 0 Å². The minimum Gasteiger partial charge on any atom is -0.381 e. The highest BCUT2D eigenvalue weighted by Gasteiger charge is 1.95. The number of ether oxygens (including phenoxy) is 1. The Morgan fingerprint density at radius 2 is 1.67 bits per heavy atom. The molecule has 0 aliphatic carbocycles. The van der Waals surface area contributed by atoms with E-state index in [1.165, 1.54) is 38.5 Å². The van der Waals surface area contributed by atoms with Gasteiger partial charge in [-0.3, -0.25) is 0 Å². The van der Waals surface area contributed by atoms with Gasteiger partial charge in [-0.15, -0.1) is 5.10 Å². The first-order chi connectivity index (χ1) is 8.93. The molecule has 1 aromatic rings. The standard InChI is InChI=1S/C13H25N4O/c1-2-3-4-8-11-18-12-9-6-5-7-10-17-13-14-15-16-17/h2-12H2,1H3. The van der Waals surface area contributed by atoms with Crippen LogP contribution in [0.2, 0.25) is 0 Å². The average Bonchev–Trinajstić information content (AvgIpc) is 2.89. The van der Waals surface area contributed by atoms with E-state index in [-0.39, 0.29) is 0 Å². The van der Waals surface area contributed by atoms with Gasteiger partial charge in [0.05, 0.1) is 0 Å². The fraction of sp³-hybridized carbons (Fsp3) is 0.923. The predicted octanol–water partition coefficient (Wildman–Crippen LogP) is 2.63. The molecule has 1 heterocycles. The van der Waals surface area contributed by atoms with Crippen LogP contribution in [0.1, 0.15) is 58.3 Å². The number of unbranched alkanes of at least 4 members (excludes halogenated alkanes) is 6. The second kappa shape index (κ2) is 11.1. The molecule has 0 aromatic carbocycles. The molecule has 103 valence electrons. The molecule has 0 aliphatic rings. The van der Waals surface area contributed by atoms with Crippen LogP contribution >= 0.6 is 0 Å². The van der Waals surface area contributed by atoms with Crippen molar-refractivity contribution >= 4 is 0 Å². The van der Waals surface area contributed by atoms with Gasteiger partial charge in [-0.2, -0.15) is 0 Å². The van der Waals surface area contributed by atoms with E-state index in [9.17, 15) is 0 Å². The molecule has 0 unspecified atom stereocenters. The van der Waals surface area contributed by atoms with Crippen molar-refractivity contribution in [1.29, 1.82) is 0 Å². The van der Waals surface area contributed by atoms with Crippen LogP contribution in [0.5, 0.6) is 0 Å². The molecular formula is C13H25N4O. The van der Waals surface area contributed by atoms with E-state index < -0.39 is 0 Å². The maximum atomic E-state index is 5.59. The zero-order valence-electron chi connectivity index (χ0n) is 11.5. The van der Waals surface area contributed by atoms with Crippen molar-refractivity contribution in [3.8, 4) is 0 Å². The second-order valence-corrected chi connectivity index (χ2v) is 4.59. The molecule has 0 saturated carbocycles. The van der Waals surface area contributed by atoms with Gasteiger partial charge in [0.1, 0.15) is 0 Å². The van der Waals surface area contributed by atoms with Gasteiger partial charge in [0.25, 0.3) is 0 Å². The lowest BCUT2D eigenvalue weighted by Crippen LogP contribution is -2.00. The first-order valence-electron chi connectivity index (χ1n) is 7.15. The van der Waals surface area contributed by atoms with E-state index in [1.54, 1.807) is 4.68 Å². The monoisotopic (exact) mass is 253 g/mol. The van der Waals surface area contributed by atoms with Crippen molar-refractivity contribution in [3.63, 3.8) is 0 Å². The summed E-state index contributed by atoms with van der Waals surface area (Å²) in [6.45, 7) is 4.93. The Labute approximate surface area is 110 Å². The fourth-order valence-corrected chi connectivity index (χ4v) is 1.81. The molecule has 0 atom stereocenters. The van der Waals surface area contributed by atoms with Crippen LogP contribution < -0.4 is 0 Å². The zero-order valence-corrected chi connectivity index (χ0v) is 11.5. The van der Waals surface area contributed by atoms with E-state index in [4.69, 9.17) is 4.74 Å². The molecule has 1 rings (SSSR count). The van der Waals surface area contributed by atoms with Gasteiger partial charge in [-0.05, 0) is 29.7 Å². The Balaban J connectivity index is 1.73. The minimum atomic E-state index is 0.866. The van der Waals surface area contributed by atoms with Gasteiger partial charge in [0.15, 0.2) is 0 Å². The fourth-order valence-electron chi connectivity index (χ4n) is 1.81. The summed E-state index contributed by atoms with van der Waals surface area (Å²) in [4.78, 5) is 0. The lowest BCUT2D eigenvalue weighted by atomic mass is 10.2. The maximum absolute atomic E-state index is 5.59. The first-order valence-corrected chi connectivity index (χ1v) is 7.15. The lowest BCUT2D eigenvalue weighted by Gasteiger charge is -2.04. The highest BCUT2D eigenvalue weighted by Crippen LogP contribution is 2.03. The van der Waals surface area contributed by atoms with Crippen molar-refractivity contribution in [2.45, 2.75) is 64.8 Å². The summed E-state index contributed by atoms with van der Waals surface area (Å²) in [5.74, 6) is 0. The van der Waals surface area contributed by atoms with Gasteiger partial charge in [0.2, 0.25) is 6.33 Å². The number of tetrazole rings is 1. The van der Waals surface area contributed by atoms with Crippen molar-refractivity contribution in [2.24, 2.45) is 0 Å². The Hall–Kier alpha value is -0.970. The molecule has 0 saturated heterocycles. The summed E-state index contributed by atoms with van der Waals surface area (Å²) in [7, 11) is 0. The smallest absolute Gasteiger partial charge is 0.221 e. The number of aryl methyl sites for hydroxylation is 1. The molecule has 0 bridgehead atoms. The molecule has 0 N–H and O–H groups in total. The number of hydrogen-bond acceptors (Lipinski definition) is 4. The van der Waals surface area contributed by atoms with E-state index in [0.717, 1.165) is 32.6 Å². The van der Waals surface area contributed by atoms with Crippen LogP contribution in [0.3, 0.4) is 0 Å². The van der Waals surface area contributed by atoms with Crippen LogP contribution in [0.15, 0.2) is 0 Å². The van der Waals surface area contributed by atoms with Gasteiger partial charge in [-0.1, -0.05) is 39.0 Å². The van der Waals surface area contributed by atoms with Crippen LogP contribution in [0.25, 0.3) is 0 Å². The zero-order chi connectivity index (χ0) is 12.9. The van der Waals surface area contributed by atoms with Crippen molar-refractivity contribution in [1.82, 2.24) is 20.2 Å². The molecule has 0 fully saturated rings. The Morgan fingerprint density at radius 3 is 2.33 bits per heavy atom. The van der Waals surface area contributed by atoms with E-state index in [1.807, 2.05) is 0 Å². The van der Waals surface area contributed by atoms with Gasteiger partial charge in [-0.25, -0.2) is 4.68 Å². The molecular weight excluding hydrogens is 228 g/mol. The highest BCUT2D eigenvalue weighted by atomic mass is 16.5. The topological polar surface area (TPSA) is 52.8 Å². The summed E-state index contributed by atoms with van der Waals surface area (Å²) < 4.78 is 7.25. The number of aromatic nitrogens is 4. The van der Waals surface area contributed by atoms with Gasteiger partial charge in [0, 0.05) is 19.8 Å². The lowest BCUT2D eigenvalue weighted by molar-refractivity contribution is 0.125. The molecule has 0 aliphatic heterocycles. The normalized spacial score (nSPS) is 10.9. The quantitative estimate of drug-likeness (QED) is 0.537. The Morgan fingerprint density at radius 1 is 0.944 bits per heavy atom. The van der Waals surface area contributed by atoms with Crippen LogP contribution in [-0.2, 0) is 11.3 Å². The predicted molar refractivity (Wildman–Crippen MR) is 70.1 cm³/mol. The van der Waals surface area contributed by atoms with E-state index in [0.29, 0.717) is 0 Å². The molecule has 1 radical (unpaired) electrons. The second-order valence-electron chi connectivity index (χ2n) is 4.59. The van der Waals surface area contributed by atoms with Crippen molar-refractivity contribution in [3.05, 3.63) is 6.33 Å². The summed E-state index contributed by atoms with van der Waals surface area (Å²) in [5.41, 5.74) is 0. The maximum Gasteiger partial charge on any atom is 0.221 e. The third kappa shape index (κ3) is 8.17. The summed E-state index contributed by atoms with van der Waals surface area (Å²) >= 11 is 0. The number of rotatable bonds is 12. The van der Waals surface area contributed by atoms with Crippen LogP contribution in [-0.4, -0.2) is 33.4 Å².